The Kier molecular flexibility index (Phi) is 3.56. The molecule has 1 saturated heterocycles. The second kappa shape index (κ2) is 5.40. The number of carbonyl (C=O) groups is 2. The van der Waals surface area contributed by atoms with E-state index in [1.165, 1.54) is 0 Å². The average Bonchev–Trinajstić information content (AvgIpc) is 3.13. The van der Waals surface area contributed by atoms with Gasteiger partial charge in [-0.1, -0.05) is 0 Å². The third-order valence-electron chi connectivity index (χ3n) is 4.07. The highest BCUT2D eigenvalue weighted by Crippen LogP contribution is 2.24. The van der Waals surface area contributed by atoms with E-state index in [-0.39, 0.29) is 17.9 Å². The second-order valence-electron chi connectivity index (χ2n) is 5.78. The Labute approximate surface area is 128 Å². The van der Waals surface area contributed by atoms with Crippen molar-refractivity contribution in [1.29, 1.82) is 0 Å². The number of hydrogen-bond acceptors (Lipinski definition) is 4. The molecule has 0 spiro atoms. The van der Waals surface area contributed by atoms with Crippen LogP contribution in [-0.2, 0) is 11.8 Å². The summed E-state index contributed by atoms with van der Waals surface area (Å²) in [5.41, 5.74) is 1.75. The molecule has 1 aliphatic heterocycles. The lowest BCUT2D eigenvalue weighted by atomic mass is 10.1. The standard InChI is InChI=1S/C15H19N5O2/c1-18(2)15(22)11-5-4-8-20(11)14(21)10-6-7-16-13-12(10)17-9-19(13)3/h6-7,9,11H,4-5,8H2,1-3H3. The molecular weight excluding hydrogens is 282 g/mol. The predicted octanol–water partition coefficient (Wildman–Crippen LogP) is 0.661. The molecular formula is C15H19N5O2. The van der Waals surface area contributed by atoms with Crippen LogP contribution in [0.5, 0.6) is 0 Å². The van der Waals surface area contributed by atoms with Gasteiger partial charge in [-0.2, -0.15) is 0 Å². The van der Waals surface area contributed by atoms with E-state index in [1.54, 1.807) is 47.1 Å². The summed E-state index contributed by atoms with van der Waals surface area (Å²) in [5.74, 6) is -0.180. The fraction of sp³-hybridized carbons (Fsp3) is 0.467. The van der Waals surface area contributed by atoms with Crippen molar-refractivity contribution < 1.29 is 9.59 Å². The molecule has 3 rings (SSSR count). The van der Waals surface area contributed by atoms with E-state index in [1.807, 2.05) is 7.05 Å². The van der Waals surface area contributed by atoms with Gasteiger partial charge in [-0.15, -0.1) is 0 Å². The van der Waals surface area contributed by atoms with Crippen LogP contribution in [0.15, 0.2) is 18.6 Å². The predicted molar refractivity (Wildman–Crippen MR) is 81.3 cm³/mol. The number of rotatable bonds is 2. The van der Waals surface area contributed by atoms with Crippen LogP contribution >= 0.6 is 0 Å². The first-order valence-corrected chi connectivity index (χ1v) is 7.29. The fourth-order valence-corrected chi connectivity index (χ4v) is 2.92. The lowest BCUT2D eigenvalue weighted by molar-refractivity contribution is -0.132. The Morgan fingerprint density at radius 2 is 2.09 bits per heavy atom. The minimum absolute atomic E-state index is 0.0304. The summed E-state index contributed by atoms with van der Waals surface area (Å²) in [5, 5.41) is 0. The maximum Gasteiger partial charge on any atom is 0.256 e. The van der Waals surface area contributed by atoms with Crippen LogP contribution < -0.4 is 0 Å². The molecule has 2 aromatic rings. The van der Waals surface area contributed by atoms with E-state index in [0.29, 0.717) is 29.7 Å². The third kappa shape index (κ3) is 2.22. The van der Waals surface area contributed by atoms with Gasteiger partial charge in [-0.05, 0) is 18.9 Å². The van der Waals surface area contributed by atoms with Gasteiger partial charge in [0.2, 0.25) is 5.91 Å². The monoisotopic (exact) mass is 301 g/mol. The Bertz CT molecular complexity index is 737. The molecule has 3 heterocycles. The zero-order valence-electron chi connectivity index (χ0n) is 13.0. The largest absolute Gasteiger partial charge is 0.347 e. The normalized spacial score (nSPS) is 18.0. The lowest BCUT2D eigenvalue weighted by Crippen LogP contribution is -2.45. The minimum atomic E-state index is -0.380. The zero-order chi connectivity index (χ0) is 15.9. The number of likely N-dealkylation sites (N-methyl/N-ethyl adjacent to an activating group) is 1. The number of nitrogens with zero attached hydrogens (tertiary/aromatic N) is 5. The molecule has 22 heavy (non-hydrogen) atoms. The van der Waals surface area contributed by atoms with Gasteiger partial charge in [-0.25, -0.2) is 9.97 Å². The number of aryl methyl sites for hydroxylation is 1. The van der Waals surface area contributed by atoms with E-state index in [9.17, 15) is 9.59 Å². The molecule has 0 saturated carbocycles. The molecule has 1 fully saturated rings. The van der Waals surface area contributed by atoms with Crippen LogP contribution in [0, 0.1) is 0 Å². The first-order chi connectivity index (χ1) is 10.5. The zero-order valence-corrected chi connectivity index (χ0v) is 13.0. The molecule has 0 aliphatic carbocycles. The van der Waals surface area contributed by atoms with Crippen molar-refractivity contribution in [3.63, 3.8) is 0 Å². The smallest absolute Gasteiger partial charge is 0.256 e. The fourth-order valence-electron chi connectivity index (χ4n) is 2.92. The summed E-state index contributed by atoms with van der Waals surface area (Å²) < 4.78 is 1.78. The van der Waals surface area contributed by atoms with E-state index in [4.69, 9.17) is 0 Å². The van der Waals surface area contributed by atoms with Gasteiger partial charge in [0.1, 0.15) is 11.6 Å². The molecule has 2 aromatic heterocycles. The first kappa shape index (κ1) is 14.5. The number of aromatic nitrogens is 3. The molecule has 1 atom stereocenters. The number of fused-ring (bicyclic) bond motifs is 1. The van der Waals surface area contributed by atoms with Gasteiger partial charge in [0, 0.05) is 33.9 Å². The van der Waals surface area contributed by atoms with Crippen LogP contribution in [0.25, 0.3) is 11.2 Å². The van der Waals surface area contributed by atoms with Crippen LogP contribution in [-0.4, -0.2) is 62.8 Å². The summed E-state index contributed by atoms with van der Waals surface area (Å²) in [6.07, 6.45) is 4.79. The van der Waals surface area contributed by atoms with Crippen LogP contribution in [0.1, 0.15) is 23.2 Å². The van der Waals surface area contributed by atoms with Gasteiger partial charge in [0.05, 0.1) is 11.9 Å². The van der Waals surface area contributed by atoms with Crippen LogP contribution in [0.3, 0.4) is 0 Å². The number of amides is 2. The molecule has 0 N–H and O–H groups in total. The van der Waals surface area contributed by atoms with Crippen LogP contribution in [0.4, 0.5) is 0 Å². The minimum Gasteiger partial charge on any atom is -0.347 e. The van der Waals surface area contributed by atoms with Gasteiger partial charge in [0.25, 0.3) is 5.91 Å². The molecule has 0 aromatic carbocycles. The number of pyridine rings is 1. The highest BCUT2D eigenvalue weighted by molar-refractivity contribution is 6.05. The molecule has 1 unspecified atom stereocenters. The Morgan fingerprint density at radius 3 is 2.82 bits per heavy atom. The van der Waals surface area contributed by atoms with Gasteiger partial charge >= 0.3 is 0 Å². The second-order valence-corrected chi connectivity index (χ2v) is 5.78. The maximum atomic E-state index is 12.9. The van der Waals surface area contributed by atoms with E-state index >= 15 is 0 Å². The molecule has 116 valence electrons. The number of likely N-dealkylation sites (tertiary alicyclic amines) is 1. The summed E-state index contributed by atoms with van der Waals surface area (Å²) in [4.78, 5) is 36.9. The number of carbonyl (C=O) groups excluding carboxylic acids is 2. The van der Waals surface area contributed by atoms with Crippen molar-refractivity contribution in [1.82, 2.24) is 24.3 Å². The third-order valence-corrected chi connectivity index (χ3v) is 4.07. The Hall–Kier alpha value is -2.44. The average molecular weight is 301 g/mol. The summed E-state index contributed by atoms with van der Waals surface area (Å²) in [6, 6.07) is 1.29. The van der Waals surface area contributed by atoms with Gasteiger partial charge < -0.3 is 14.4 Å². The van der Waals surface area contributed by atoms with E-state index in [0.717, 1.165) is 6.42 Å². The van der Waals surface area contributed by atoms with Crippen molar-refractivity contribution in [2.24, 2.45) is 7.05 Å². The van der Waals surface area contributed by atoms with Gasteiger partial charge in [0.15, 0.2) is 5.65 Å². The van der Waals surface area contributed by atoms with Crippen molar-refractivity contribution in [2.45, 2.75) is 18.9 Å². The Balaban J connectivity index is 1.97. The maximum absolute atomic E-state index is 12.9. The summed E-state index contributed by atoms with van der Waals surface area (Å²) in [7, 11) is 5.27. The molecule has 7 nitrogen and oxygen atoms in total. The molecule has 2 amide bonds. The molecule has 0 radical (unpaired) electrons. The molecule has 7 heteroatoms. The van der Waals surface area contributed by atoms with E-state index in [2.05, 4.69) is 9.97 Å². The molecule has 1 aliphatic rings. The van der Waals surface area contributed by atoms with Gasteiger partial charge in [-0.3, -0.25) is 9.59 Å². The number of hydrogen-bond donors (Lipinski definition) is 0. The van der Waals surface area contributed by atoms with Crippen molar-refractivity contribution >= 4 is 23.0 Å². The highest BCUT2D eigenvalue weighted by Gasteiger charge is 2.36. The lowest BCUT2D eigenvalue weighted by Gasteiger charge is -2.26. The Morgan fingerprint density at radius 1 is 1.32 bits per heavy atom. The SMILES string of the molecule is CN(C)C(=O)C1CCCN1C(=O)c1ccnc2c1ncn2C. The van der Waals surface area contributed by atoms with Crippen molar-refractivity contribution in [3.8, 4) is 0 Å². The van der Waals surface area contributed by atoms with Crippen molar-refractivity contribution in [3.05, 3.63) is 24.2 Å². The van der Waals surface area contributed by atoms with E-state index < -0.39 is 0 Å². The van der Waals surface area contributed by atoms with Crippen LogP contribution in [0.2, 0.25) is 0 Å². The topological polar surface area (TPSA) is 71.3 Å². The summed E-state index contributed by atoms with van der Waals surface area (Å²) in [6.45, 7) is 0.597. The summed E-state index contributed by atoms with van der Waals surface area (Å²) >= 11 is 0. The highest BCUT2D eigenvalue weighted by atomic mass is 16.2. The first-order valence-electron chi connectivity index (χ1n) is 7.29. The number of imidazole rings is 1. The molecule has 0 bridgehead atoms. The quantitative estimate of drug-likeness (QED) is 0.817. The van der Waals surface area contributed by atoms with Crippen molar-refractivity contribution in [2.75, 3.05) is 20.6 Å².